The van der Waals surface area contributed by atoms with Crippen LogP contribution in [0, 0.1) is 0 Å². The van der Waals surface area contributed by atoms with E-state index in [1.807, 2.05) is 0 Å². The summed E-state index contributed by atoms with van der Waals surface area (Å²) in [4.78, 5) is 9.83. The van der Waals surface area contributed by atoms with E-state index in [4.69, 9.17) is 0 Å². The maximum Gasteiger partial charge on any atom is 0.423 e. The van der Waals surface area contributed by atoms with Gasteiger partial charge in [-0.2, -0.15) is 0 Å². The Morgan fingerprint density at radius 2 is 2.09 bits per heavy atom. The van der Waals surface area contributed by atoms with Crippen molar-refractivity contribution >= 4 is 38.3 Å². The van der Waals surface area contributed by atoms with Gasteiger partial charge >= 0.3 is 6.47 Å². The fraction of sp³-hybridized carbons (Fsp3) is 0. The Balaban J connectivity index is 2.98. The molecule has 1 radical (unpaired) electrons. The fourth-order valence-electron chi connectivity index (χ4n) is 0.603. The second-order valence-electron chi connectivity index (χ2n) is 1.76. The lowest BCUT2D eigenvalue weighted by Crippen LogP contribution is -1.88. The molecule has 0 aliphatic rings. The number of benzene rings is 1. The van der Waals surface area contributed by atoms with Crippen molar-refractivity contribution in [3.8, 4) is 5.75 Å². The molecule has 2 nitrogen and oxygen atoms in total. The molecule has 0 saturated carbocycles. The molecule has 57 valence electrons. The molecule has 1 aromatic carbocycles. The summed E-state index contributed by atoms with van der Waals surface area (Å²) in [5.74, 6) is 0.461. The molecule has 0 fully saturated rings. The quantitative estimate of drug-likeness (QED) is 0.831. The summed E-state index contributed by atoms with van der Waals surface area (Å²) >= 11 is 6.48. The topological polar surface area (TPSA) is 26.3 Å². The Kier molecular flexibility index (Phi) is 3.08. The highest BCUT2D eigenvalue weighted by molar-refractivity contribution is 9.11. The predicted octanol–water partition coefficient (Wildman–Crippen LogP) is 2.66. The van der Waals surface area contributed by atoms with Crippen molar-refractivity contribution < 1.29 is 9.53 Å². The van der Waals surface area contributed by atoms with Gasteiger partial charge in [0.15, 0.2) is 0 Å². The largest absolute Gasteiger partial charge is 0.423 e. The summed E-state index contributed by atoms with van der Waals surface area (Å²) in [5, 5.41) is 0. The van der Waals surface area contributed by atoms with Crippen LogP contribution in [-0.2, 0) is 4.79 Å². The lowest BCUT2D eigenvalue weighted by atomic mass is 10.3. The van der Waals surface area contributed by atoms with Crippen LogP contribution in [0.3, 0.4) is 0 Å². The van der Waals surface area contributed by atoms with Crippen molar-refractivity contribution in [2.45, 2.75) is 0 Å². The third kappa shape index (κ3) is 2.31. The molecule has 1 rings (SSSR count). The van der Waals surface area contributed by atoms with Gasteiger partial charge in [0, 0.05) is 4.47 Å². The number of carbonyl (C=O) groups excluding carboxylic acids is 1. The van der Waals surface area contributed by atoms with E-state index in [9.17, 15) is 4.79 Å². The smallest absolute Gasteiger partial charge is 0.417 e. The van der Waals surface area contributed by atoms with E-state index in [1.54, 1.807) is 18.2 Å². The highest BCUT2D eigenvalue weighted by Crippen LogP contribution is 2.27. The Morgan fingerprint density at radius 1 is 1.36 bits per heavy atom. The molecule has 11 heavy (non-hydrogen) atoms. The van der Waals surface area contributed by atoms with Crippen molar-refractivity contribution in [2.75, 3.05) is 0 Å². The summed E-state index contributed by atoms with van der Waals surface area (Å²) < 4.78 is 6.16. The van der Waals surface area contributed by atoms with Crippen molar-refractivity contribution in [3.63, 3.8) is 0 Å². The van der Waals surface area contributed by atoms with Gasteiger partial charge in [0.05, 0.1) is 4.47 Å². The van der Waals surface area contributed by atoms with Gasteiger partial charge in [0.1, 0.15) is 5.75 Å². The third-order valence-electron chi connectivity index (χ3n) is 1.05. The van der Waals surface area contributed by atoms with E-state index in [2.05, 4.69) is 36.6 Å². The normalized spacial score (nSPS) is 9.27. The van der Waals surface area contributed by atoms with Gasteiger partial charge in [-0.25, -0.2) is 4.79 Å². The molecule has 0 aliphatic heterocycles. The molecular weight excluding hydrogens is 276 g/mol. The van der Waals surface area contributed by atoms with Crippen LogP contribution in [0.4, 0.5) is 0 Å². The molecule has 0 bridgehead atoms. The van der Waals surface area contributed by atoms with Crippen LogP contribution in [0.15, 0.2) is 27.1 Å². The summed E-state index contributed by atoms with van der Waals surface area (Å²) in [6.07, 6.45) is 0. The Morgan fingerprint density at radius 3 is 2.64 bits per heavy atom. The summed E-state index contributed by atoms with van der Waals surface area (Å²) in [7, 11) is 0. The number of hydrogen-bond donors (Lipinski definition) is 0. The Labute approximate surface area is 80.8 Å². The predicted molar refractivity (Wildman–Crippen MR) is 48.2 cm³/mol. The van der Waals surface area contributed by atoms with Gasteiger partial charge in [-0.1, -0.05) is 15.9 Å². The number of halogens is 2. The first kappa shape index (κ1) is 8.74. The summed E-state index contributed by atoms with van der Waals surface area (Å²) in [6.45, 7) is 1.35. The van der Waals surface area contributed by atoms with Gasteiger partial charge in [-0.05, 0) is 34.1 Å². The van der Waals surface area contributed by atoms with Crippen LogP contribution >= 0.6 is 31.9 Å². The molecule has 0 N–H and O–H groups in total. The lowest BCUT2D eigenvalue weighted by molar-refractivity contribution is 0.441. The first-order valence-corrected chi connectivity index (χ1v) is 4.31. The summed E-state index contributed by atoms with van der Waals surface area (Å²) in [5.41, 5.74) is 0. The van der Waals surface area contributed by atoms with Crippen molar-refractivity contribution in [3.05, 3.63) is 27.1 Å². The highest BCUT2D eigenvalue weighted by Gasteiger charge is 2.00. The minimum absolute atomic E-state index is 0.461. The lowest BCUT2D eigenvalue weighted by Gasteiger charge is -1.99. The van der Waals surface area contributed by atoms with Gasteiger partial charge in [0.25, 0.3) is 0 Å². The van der Waals surface area contributed by atoms with Crippen LogP contribution < -0.4 is 4.74 Å². The molecule has 0 atom stereocenters. The third-order valence-corrected chi connectivity index (χ3v) is 2.16. The highest BCUT2D eigenvalue weighted by atomic mass is 79.9. The zero-order chi connectivity index (χ0) is 8.27. The molecule has 0 unspecified atom stereocenters. The Hall–Kier alpha value is -0.350. The number of ether oxygens (including phenoxy) is 1. The van der Waals surface area contributed by atoms with Crippen LogP contribution in [0.5, 0.6) is 5.75 Å². The monoisotopic (exact) mass is 277 g/mol. The molecule has 0 heterocycles. The van der Waals surface area contributed by atoms with Crippen LogP contribution in [0.1, 0.15) is 0 Å². The molecule has 0 saturated heterocycles. The first-order valence-electron chi connectivity index (χ1n) is 2.73. The zero-order valence-electron chi connectivity index (χ0n) is 5.30. The van der Waals surface area contributed by atoms with E-state index in [0.29, 0.717) is 5.75 Å². The standard InChI is InChI=1S/C7H3Br2O2/c8-5-1-2-7(11-4-10)6(9)3-5/h1-3H. The number of rotatable bonds is 2. The molecule has 0 aliphatic carbocycles. The number of hydrogen-bond acceptors (Lipinski definition) is 2. The van der Waals surface area contributed by atoms with Crippen LogP contribution in [-0.4, -0.2) is 6.47 Å². The van der Waals surface area contributed by atoms with Gasteiger partial charge in [0.2, 0.25) is 0 Å². The fourth-order valence-corrected chi connectivity index (χ4v) is 1.73. The van der Waals surface area contributed by atoms with E-state index in [0.717, 1.165) is 8.95 Å². The van der Waals surface area contributed by atoms with E-state index < -0.39 is 0 Å². The van der Waals surface area contributed by atoms with E-state index in [-0.39, 0.29) is 0 Å². The van der Waals surface area contributed by atoms with Gasteiger partial charge in [-0.3, -0.25) is 0 Å². The van der Waals surface area contributed by atoms with Crippen molar-refractivity contribution in [2.24, 2.45) is 0 Å². The van der Waals surface area contributed by atoms with Crippen LogP contribution in [0.2, 0.25) is 0 Å². The van der Waals surface area contributed by atoms with Crippen molar-refractivity contribution in [1.82, 2.24) is 0 Å². The molecule has 0 spiro atoms. The minimum atomic E-state index is 0.461. The van der Waals surface area contributed by atoms with Gasteiger partial charge in [-0.15, -0.1) is 0 Å². The van der Waals surface area contributed by atoms with E-state index >= 15 is 0 Å². The maximum atomic E-state index is 9.83. The molecule has 0 amide bonds. The molecule has 4 heteroatoms. The zero-order valence-corrected chi connectivity index (χ0v) is 8.48. The maximum absolute atomic E-state index is 9.83. The SMILES string of the molecule is O=[C]Oc1ccc(Br)cc1Br. The van der Waals surface area contributed by atoms with Gasteiger partial charge < -0.3 is 4.74 Å². The second kappa shape index (κ2) is 3.88. The average molecular weight is 279 g/mol. The average Bonchev–Trinajstić information content (AvgIpc) is 1.95. The van der Waals surface area contributed by atoms with Crippen molar-refractivity contribution in [1.29, 1.82) is 0 Å². The molecular formula is C7H3Br2O2. The minimum Gasteiger partial charge on any atom is -0.417 e. The van der Waals surface area contributed by atoms with E-state index in [1.165, 1.54) is 6.47 Å². The molecule has 1 aromatic rings. The van der Waals surface area contributed by atoms with Crippen LogP contribution in [0.25, 0.3) is 0 Å². The Bertz CT molecular complexity index is 273. The summed E-state index contributed by atoms with van der Waals surface area (Å²) in [6, 6.07) is 5.23. The first-order chi connectivity index (χ1) is 5.24. The molecule has 0 aromatic heterocycles. The second-order valence-corrected chi connectivity index (χ2v) is 3.53.